The zero-order valence-electron chi connectivity index (χ0n) is 19.6. The molecular formula is C20H42N2O6Ti+2. The Morgan fingerprint density at radius 3 is 0.862 bits per heavy atom. The molecule has 0 aromatic carbocycles. The van der Waals surface area contributed by atoms with Gasteiger partial charge < -0.3 is 20.0 Å². The second-order valence-corrected chi connectivity index (χ2v) is 5.52. The van der Waals surface area contributed by atoms with Gasteiger partial charge in [0.2, 0.25) is 11.8 Å². The van der Waals surface area contributed by atoms with Crippen LogP contribution in [0.15, 0.2) is 0 Å². The van der Waals surface area contributed by atoms with E-state index in [1.807, 2.05) is 27.7 Å². The Morgan fingerprint density at radius 2 is 0.759 bits per heavy atom. The SMILES string of the molecule is CCN(CC)C(=O)CC(C)=O.CCN(CC)C(=O)CC(C)=O.CCO.CCO.[Ti+2]. The summed E-state index contributed by atoms with van der Waals surface area (Å²) in [6, 6.07) is 0. The van der Waals surface area contributed by atoms with Crippen LogP contribution in [0.4, 0.5) is 0 Å². The van der Waals surface area contributed by atoms with E-state index in [0.717, 1.165) is 0 Å². The van der Waals surface area contributed by atoms with E-state index in [-0.39, 0.29) is 71.2 Å². The molecule has 0 atom stereocenters. The third-order valence-electron chi connectivity index (χ3n) is 3.03. The van der Waals surface area contributed by atoms with Gasteiger partial charge in [0.15, 0.2) is 0 Å². The van der Waals surface area contributed by atoms with Crippen LogP contribution in [-0.2, 0) is 40.9 Å². The van der Waals surface area contributed by atoms with E-state index in [0.29, 0.717) is 26.2 Å². The number of nitrogens with zero attached hydrogens (tertiary/aromatic N) is 2. The first kappa shape index (κ1) is 38.5. The first-order chi connectivity index (χ1) is 13.1. The third kappa shape index (κ3) is 31.8. The average Bonchev–Trinajstić information content (AvgIpc) is 2.57. The molecule has 0 aliphatic rings. The maximum atomic E-state index is 11.1. The van der Waals surface area contributed by atoms with E-state index in [1.165, 1.54) is 13.8 Å². The molecule has 29 heavy (non-hydrogen) atoms. The molecule has 0 saturated heterocycles. The predicted octanol–water partition coefficient (Wildman–Crippen LogP) is 1.66. The minimum atomic E-state index is -0.0677. The van der Waals surface area contributed by atoms with Crippen molar-refractivity contribution in [1.82, 2.24) is 9.80 Å². The fourth-order valence-electron chi connectivity index (χ4n) is 1.80. The standard InChI is InChI=1S/2C8H15NO2.2C2H6O.Ti/c2*1-4-9(5-2)8(11)6-7(3)10;2*1-2-3;/h2*4-6H2,1-3H3;2*3H,2H2,1H3;/q;;;;+2. The summed E-state index contributed by atoms with van der Waals surface area (Å²) in [6.07, 6.45) is 0.0867. The van der Waals surface area contributed by atoms with Gasteiger partial charge in [0.25, 0.3) is 0 Å². The summed E-state index contributed by atoms with van der Waals surface area (Å²) in [5, 5.41) is 15.1. The molecule has 2 amide bonds. The van der Waals surface area contributed by atoms with Crippen LogP contribution in [0.25, 0.3) is 0 Å². The minimum absolute atomic E-state index is 0. The molecule has 170 valence electrons. The fourth-order valence-corrected chi connectivity index (χ4v) is 1.80. The Balaban J connectivity index is -0.000000101. The van der Waals surface area contributed by atoms with Gasteiger partial charge >= 0.3 is 21.7 Å². The molecule has 0 heterocycles. The molecule has 0 fully saturated rings. The Kier molecular flexibility index (Phi) is 38.7. The van der Waals surface area contributed by atoms with E-state index in [9.17, 15) is 19.2 Å². The van der Waals surface area contributed by atoms with Crippen LogP contribution in [-0.4, -0.2) is 82.8 Å². The van der Waals surface area contributed by atoms with Crippen LogP contribution in [0.5, 0.6) is 0 Å². The molecule has 0 saturated carbocycles. The van der Waals surface area contributed by atoms with Crippen LogP contribution < -0.4 is 0 Å². The number of amides is 2. The summed E-state index contributed by atoms with van der Waals surface area (Å²) >= 11 is 0. The van der Waals surface area contributed by atoms with Crippen LogP contribution in [0.2, 0.25) is 0 Å². The molecule has 0 spiro atoms. The molecule has 8 nitrogen and oxygen atoms in total. The summed E-state index contributed by atoms with van der Waals surface area (Å²) in [5.74, 6) is -0.270. The molecule has 0 radical (unpaired) electrons. The normalized spacial score (nSPS) is 8.34. The van der Waals surface area contributed by atoms with E-state index in [2.05, 4.69) is 0 Å². The van der Waals surface area contributed by atoms with Gasteiger partial charge in [0.1, 0.15) is 11.6 Å². The minimum Gasteiger partial charge on any atom is -0.397 e. The molecule has 0 unspecified atom stereocenters. The van der Waals surface area contributed by atoms with Crippen LogP contribution >= 0.6 is 0 Å². The predicted molar refractivity (Wildman–Crippen MR) is 112 cm³/mol. The quantitative estimate of drug-likeness (QED) is 0.426. The van der Waals surface area contributed by atoms with Crippen molar-refractivity contribution in [2.24, 2.45) is 0 Å². The summed E-state index contributed by atoms with van der Waals surface area (Å²) in [5.41, 5.74) is 0. The molecule has 0 rings (SSSR count). The van der Waals surface area contributed by atoms with Gasteiger partial charge in [0.05, 0.1) is 12.8 Å². The van der Waals surface area contributed by atoms with Gasteiger partial charge in [-0.25, -0.2) is 0 Å². The second-order valence-electron chi connectivity index (χ2n) is 5.52. The van der Waals surface area contributed by atoms with Crippen molar-refractivity contribution in [1.29, 1.82) is 0 Å². The average molecular weight is 454 g/mol. The number of ketones is 2. The second kappa shape index (κ2) is 29.1. The Morgan fingerprint density at radius 1 is 0.586 bits per heavy atom. The number of carbonyl (C=O) groups is 4. The zero-order valence-corrected chi connectivity index (χ0v) is 21.1. The van der Waals surface area contributed by atoms with Gasteiger partial charge in [-0.2, -0.15) is 0 Å². The van der Waals surface area contributed by atoms with Crippen LogP contribution in [0, 0.1) is 0 Å². The summed E-state index contributed by atoms with van der Waals surface area (Å²) < 4.78 is 0. The first-order valence-electron chi connectivity index (χ1n) is 9.82. The first-order valence-corrected chi connectivity index (χ1v) is 9.82. The number of carbonyl (C=O) groups excluding carboxylic acids is 4. The van der Waals surface area contributed by atoms with E-state index in [4.69, 9.17) is 10.2 Å². The van der Waals surface area contributed by atoms with Crippen molar-refractivity contribution in [3.05, 3.63) is 0 Å². The Labute approximate surface area is 191 Å². The Bertz CT molecular complexity index is 374. The molecule has 0 aliphatic heterocycles. The largest absolute Gasteiger partial charge is 2.00 e. The smallest absolute Gasteiger partial charge is 0.397 e. The third-order valence-corrected chi connectivity index (χ3v) is 3.03. The molecule has 0 aromatic rings. The zero-order chi connectivity index (χ0) is 23.1. The Hall–Kier alpha value is -1.09. The van der Waals surface area contributed by atoms with E-state index in [1.54, 1.807) is 23.6 Å². The van der Waals surface area contributed by atoms with Crippen molar-refractivity contribution < 1.29 is 51.1 Å². The number of aliphatic hydroxyl groups excluding tert-OH is 2. The van der Waals surface area contributed by atoms with Crippen molar-refractivity contribution in [2.75, 3.05) is 39.4 Å². The van der Waals surface area contributed by atoms with Gasteiger partial charge in [-0.15, -0.1) is 0 Å². The summed E-state index contributed by atoms with van der Waals surface area (Å²) in [6.45, 7) is 17.1. The monoisotopic (exact) mass is 454 g/mol. The number of aliphatic hydroxyl groups is 2. The van der Waals surface area contributed by atoms with Gasteiger partial charge in [-0.1, -0.05) is 0 Å². The molecule has 0 aromatic heterocycles. The summed E-state index contributed by atoms with van der Waals surface area (Å²) in [7, 11) is 0. The summed E-state index contributed by atoms with van der Waals surface area (Å²) in [4.78, 5) is 46.6. The fraction of sp³-hybridized carbons (Fsp3) is 0.800. The van der Waals surface area contributed by atoms with Crippen LogP contribution in [0.3, 0.4) is 0 Å². The van der Waals surface area contributed by atoms with Gasteiger partial charge in [-0.05, 0) is 55.4 Å². The molecule has 0 aliphatic carbocycles. The number of rotatable bonds is 8. The van der Waals surface area contributed by atoms with Crippen LogP contribution in [0.1, 0.15) is 68.2 Å². The maximum Gasteiger partial charge on any atom is 2.00 e. The van der Waals surface area contributed by atoms with Gasteiger partial charge in [-0.3, -0.25) is 19.2 Å². The molecule has 0 bridgehead atoms. The van der Waals surface area contributed by atoms with Crippen molar-refractivity contribution >= 4 is 23.4 Å². The molecule has 2 N–H and O–H groups in total. The molecule has 9 heteroatoms. The maximum absolute atomic E-state index is 11.1. The molecular weight excluding hydrogens is 412 g/mol. The van der Waals surface area contributed by atoms with E-state index >= 15 is 0 Å². The van der Waals surface area contributed by atoms with Gasteiger partial charge in [0, 0.05) is 39.4 Å². The number of hydrogen-bond acceptors (Lipinski definition) is 6. The topological polar surface area (TPSA) is 115 Å². The van der Waals surface area contributed by atoms with Crippen molar-refractivity contribution in [3.63, 3.8) is 0 Å². The number of Topliss-reactive ketones (excluding diaryl/α,β-unsaturated/α-hetero) is 2. The van der Waals surface area contributed by atoms with Crippen molar-refractivity contribution in [2.45, 2.75) is 68.2 Å². The van der Waals surface area contributed by atoms with E-state index < -0.39 is 0 Å². The number of hydrogen-bond donors (Lipinski definition) is 2. The van der Waals surface area contributed by atoms with Crippen molar-refractivity contribution in [3.8, 4) is 0 Å².